The molecule has 0 fully saturated rings. The van der Waals surface area contributed by atoms with Crippen LogP contribution in [0.25, 0.3) is 6.08 Å². The maximum atomic E-state index is 12.0. The van der Waals surface area contributed by atoms with Crippen molar-refractivity contribution in [1.82, 2.24) is 5.32 Å². The van der Waals surface area contributed by atoms with E-state index in [0.717, 1.165) is 0 Å². The normalized spacial score (nSPS) is 10.6. The molecular formula is C18H22N2O6. The summed E-state index contributed by atoms with van der Waals surface area (Å²) in [6, 6.07) is 6.70. The Hall–Kier alpha value is -3.05. The Balaban J connectivity index is 2.85. The van der Waals surface area contributed by atoms with Crippen LogP contribution in [0.3, 0.4) is 0 Å². The first-order chi connectivity index (χ1) is 12.5. The van der Waals surface area contributed by atoms with Gasteiger partial charge < -0.3 is 24.3 Å². The predicted molar refractivity (Wildman–Crippen MR) is 93.6 cm³/mol. The molecule has 26 heavy (non-hydrogen) atoms. The van der Waals surface area contributed by atoms with Crippen LogP contribution < -0.4 is 14.8 Å². The fourth-order valence-corrected chi connectivity index (χ4v) is 1.92. The Bertz CT molecular complexity index is 693. The SMILES string of the molecule is COCCCNC(=O)/C(C#N)=C/c1ccc(OCC(=O)OC)c(OC)c1. The fourth-order valence-electron chi connectivity index (χ4n) is 1.92. The third kappa shape index (κ3) is 6.83. The molecule has 1 aromatic rings. The molecule has 0 aliphatic rings. The molecule has 0 radical (unpaired) electrons. The van der Waals surface area contributed by atoms with Gasteiger partial charge in [0.2, 0.25) is 0 Å². The topological polar surface area (TPSA) is 107 Å². The largest absolute Gasteiger partial charge is 0.493 e. The van der Waals surface area contributed by atoms with Crippen LogP contribution in [0.4, 0.5) is 0 Å². The number of amides is 1. The lowest BCUT2D eigenvalue weighted by atomic mass is 10.1. The first kappa shape index (κ1) is 21.0. The first-order valence-electron chi connectivity index (χ1n) is 7.82. The summed E-state index contributed by atoms with van der Waals surface area (Å²) in [5.74, 6) is -0.278. The summed E-state index contributed by atoms with van der Waals surface area (Å²) in [6.07, 6.45) is 2.10. The molecule has 8 heteroatoms. The predicted octanol–water partition coefficient (Wildman–Crippen LogP) is 1.31. The molecule has 140 valence electrons. The molecule has 1 aromatic carbocycles. The Morgan fingerprint density at radius 3 is 2.62 bits per heavy atom. The highest BCUT2D eigenvalue weighted by Crippen LogP contribution is 2.29. The molecule has 1 rings (SSSR count). The van der Waals surface area contributed by atoms with Gasteiger partial charge in [-0.05, 0) is 30.2 Å². The van der Waals surface area contributed by atoms with Gasteiger partial charge in [-0.2, -0.15) is 5.26 Å². The quantitative estimate of drug-likeness (QED) is 0.289. The number of rotatable bonds is 10. The second kappa shape index (κ2) is 11.5. The smallest absolute Gasteiger partial charge is 0.343 e. The van der Waals surface area contributed by atoms with Gasteiger partial charge in [-0.3, -0.25) is 4.79 Å². The van der Waals surface area contributed by atoms with Crippen molar-refractivity contribution >= 4 is 18.0 Å². The second-order valence-electron chi connectivity index (χ2n) is 5.05. The number of carbonyl (C=O) groups is 2. The van der Waals surface area contributed by atoms with E-state index in [0.29, 0.717) is 36.6 Å². The van der Waals surface area contributed by atoms with Crippen LogP contribution in [0, 0.1) is 11.3 Å². The lowest BCUT2D eigenvalue weighted by Crippen LogP contribution is -2.26. The van der Waals surface area contributed by atoms with Crippen molar-refractivity contribution in [2.45, 2.75) is 6.42 Å². The van der Waals surface area contributed by atoms with Gasteiger partial charge in [-0.1, -0.05) is 6.07 Å². The summed E-state index contributed by atoms with van der Waals surface area (Å²) in [5, 5.41) is 11.9. The van der Waals surface area contributed by atoms with Gasteiger partial charge in [-0.25, -0.2) is 4.79 Å². The molecule has 0 aliphatic heterocycles. The number of nitrogens with one attached hydrogen (secondary N) is 1. The van der Waals surface area contributed by atoms with Crippen LogP contribution in [0.2, 0.25) is 0 Å². The van der Waals surface area contributed by atoms with Crippen molar-refractivity contribution in [1.29, 1.82) is 5.26 Å². The van der Waals surface area contributed by atoms with Gasteiger partial charge in [-0.15, -0.1) is 0 Å². The standard InChI is InChI=1S/C18H22N2O6/c1-23-8-4-7-20-18(22)14(11-19)9-13-5-6-15(16(10-13)24-2)26-12-17(21)25-3/h5-6,9-10H,4,7-8,12H2,1-3H3,(H,20,22)/b14-9+. The molecule has 0 saturated heterocycles. The van der Waals surface area contributed by atoms with Crippen molar-refractivity contribution in [2.75, 3.05) is 41.1 Å². The second-order valence-corrected chi connectivity index (χ2v) is 5.05. The molecular weight excluding hydrogens is 340 g/mol. The van der Waals surface area contributed by atoms with Crippen LogP contribution in [0.15, 0.2) is 23.8 Å². The van der Waals surface area contributed by atoms with Crippen molar-refractivity contribution in [3.63, 3.8) is 0 Å². The van der Waals surface area contributed by atoms with E-state index in [2.05, 4.69) is 10.1 Å². The van der Waals surface area contributed by atoms with Crippen molar-refractivity contribution in [2.24, 2.45) is 0 Å². The van der Waals surface area contributed by atoms with Crippen LogP contribution >= 0.6 is 0 Å². The van der Waals surface area contributed by atoms with Crippen LogP contribution in [-0.4, -0.2) is 53.0 Å². The van der Waals surface area contributed by atoms with E-state index in [1.165, 1.54) is 20.3 Å². The summed E-state index contributed by atoms with van der Waals surface area (Å²) in [5.41, 5.74) is 0.545. The summed E-state index contributed by atoms with van der Waals surface area (Å²) < 4.78 is 19.9. The molecule has 0 unspecified atom stereocenters. The molecule has 0 aliphatic carbocycles. The number of benzene rings is 1. The zero-order chi connectivity index (χ0) is 19.4. The minimum Gasteiger partial charge on any atom is -0.493 e. The van der Waals surface area contributed by atoms with Gasteiger partial charge in [0, 0.05) is 20.3 Å². The number of ether oxygens (including phenoxy) is 4. The number of nitriles is 1. The third-order valence-electron chi connectivity index (χ3n) is 3.25. The van der Waals surface area contributed by atoms with Crippen molar-refractivity contribution in [3.8, 4) is 17.6 Å². The third-order valence-corrected chi connectivity index (χ3v) is 3.25. The highest BCUT2D eigenvalue weighted by Gasteiger charge is 2.11. The van der Waals surface area contributed by atoms with E-state index >= 15 is 0 Å². The van der Waals surface area contributed by atoms with E-state index in [1.54, 1.807) is 25.3 Å². The van der Waals surface area contributed by atoms with Gasteiger partial charge in [0.25, 0.3) is 5.91 Å². The average molecular weight is 362 g/mol. The summed E-state index contributed by atoms with van der Waals surface area (Å²) in [4.78, 5) is 23.2. The number of hydrogen-bond acceptors (Lipinski definition) is 7. The van der Waals surface area contributed by atoms with E-state index in [9.17, 15) is 14.9 Å². The minimum atomic E-state index is -0.520. The number of methoxy groups -OCH3 is 3. The molecule has 0 bridgehead atoms. The van der Waals surface area contributed by atoms with Crippen LogP contribution in [-0.2, 0) is 19.1 Å². The van der Waals surface area contributed by atoms with E-state index in [4.69, 9.17) is 14.2 Å². The molecule has 1 N–H and O–H groups in total. The average Bonchev–Trinajstić information content (AvgIpc) is 2.67. The molecule has 0 heterocycles. The first-order valence-corrected chi connectivity index (χ1v) is 7.82. The monoisotopic (exact) mass is 362 g/mol. The van der Waals surface area contributed by atoms with E-state index < -0.39 is 11.9 Å². The summed E-state index contributed by atoms with van der Waals surface area (Å²) in [6.45, 7) is 0.681. The molecule has 8 nitrogen and oxygen atoms in total. The Morgan fingerprint density at radius 2 is 2.00 bits per heavy atom. The molecule has 0 aromatic heterocycles. The Morgan fingerprint density at radius 1 is 1.23 bits per heavy atom. The van der Waals surface area contributed by atoms with Crippen molar-refractivity contribution < 1.29 is 28.5 Å². The summed E-state index contributed by atoms with van der Waals surface area (Å²) >= 11 is 0. The number of hydrogen-bond donors (Lipinski definition) is 1. The molecule has 0 spiro atoms. The minimum absolute atomic E-state index is 0.0345. The highest BCUT2D eigenvalue weighted by atomic mass is 16.6. The van der Waals surface area contributed by atoms with Crippen molar-refractivity contribution in [3.05, 3.63) is 29.3 Å². The highest BCUT2D eigenvalue weighted by molar-refractivity contribution is 6.01. The molecule has 0 atom stereocenters. The van der Waals surface area contributed by atoms with E-state index in [-0.39, 0.29) is 12.2 Å². The van der Waals surface area contributed by atoms with Gasteiger partial charge >= 0.3 is 5.97 Å². The van der Waals surface area contributed by atoms with Crippen LogP contribution in [0.1, 0.15) is 12.0 Å². The number of carbonyl (C=O) groups excluding carboxylic acids is 2. The number of nitrogens with zero attached hydrogens (tertiary/aromatic N) is 1. The maximum Gasteiger partial charge on any atom is 0.343 e. The zero-order valence-electron chi connectivity index (χ0n) is 15.0. The Kier molecular flexibility index (Phi) is 9.28. The lowest BCUT2D eigenvalue weighted by Gasteiger charge is -2.10. The lowest BCUT2D eigenvalue weighted by molar-refractivity contribution is -0.142. The van der Waals surface area contributed by atoms with Gasteiger partial charge in [0.1, 0.15) is 11.6 Å². The fraction of sp³-hybridized carbons (Fsp3) is 0.389. The van der Waals surface area contributed by atoms with Crippen LogP contribution in [0.5, 0.6) is 11.5 Å². The molecule has 1 amide bonds. The summed E-state index contributed by atoms with van der Waals surface area (Å²) in [7, 11) is 4.29. The van der Waals surface area contributed by atoms with Gasteiger partial charge in [0.05, 0.1) is 14.2 Å². The Labute approximate surface area is 152 Å². The maximum absolute atomic E-state index is 12.0. The number of esters is 1. The molecule has 0 saturated carbocycles. The van der Waals surface area contributed by atoms with Gasteiger partial charge in [0.15, 0.2) is 18.1 Å². The van der Waals surface area contributed by atoms with E-state index in [1.807, 2.05) is 6.07 Å². The zero-order valence-corrected chi connectivity index (χ0v) is 15.0.